The van der Waals surface area contributed by atoms with Crippen LogP contribution in [0.15, 0.2) is 12.1 Å². The zero-order valence-electron chi connectivity index (χ0n) is 10.5. The molecule has 0 spiro atoms. The smallest absolute Gasteiger partial charge is 0.0679 e. The predicted octanol–water partition coefficient (Wildman–Crippen LogP) is 2.60. The monoisotopic (exact) mass is 241 g/mol. The predicted molar refractivity (Wildman–Crippen MR) is 71.2 cm³/mol. The molecule has 0 aromatic carbocycles. The second kappa shape index (κ2) is 6.38. The van der Waals surface area contributed by atoms with Gasteiger partial charge in [-0.3, -0.25) is 0 Å². The second-order valence-electron chi connectivity index (χ2n) is 4.50. The Morgan fingerprint density at radius 3 is 2.56 bits per heavy atom. The van der Waals surface area contributed by atoms with Crippen LogP contribution >= 0.6 is 11.3 Å². The van der Waals surface area contributed by atoms with E-state index in [0.717, 1.165) is 32.4 Å². The van der Waals surface area contributed by atoms with Crippen LogP contribution in [0, 0.1) is 0 Å². The van der Waals surface area contributed by atoms with Gasteiger partial charge in [0, 0.05) is 16.2 Å². The fourth-order valence-electron chi connectivity index (χ4n) is 1.71. The van der Waals surface area contributed by atoms with Crippen LogP contribution < -0.4 is 5.32 Å². The molecule has 0 radical (unpaired) electrons. The topological polar surface area (TPSA) is 32.3 Å². The zero-order valence-corrected chi connectivity index (χ0v) is 11.4. The number of hydrogen-bond donors (Lipinski definition) is 2. The van der Waals surface area contributed by atoms with Crippen molar-refractivity contribution in [1.29, 1.82) is 0 Å². The van der Waals surface area contributed by atoms with E-state index in [9.17, 15) is 5.11 Å². The Hall–Kier alpha value is -0.380. The Bertz CT molecular complexity index is 307. The largest absolute Gasteiger partial charge is 0.390 e. The lowest BCUT2D eigenvalue weighted by Gasteiger charge is -2.22. The van der Waals surface area contributed by atoms with Gasteiger partial charge in [0.05, 0.1) is 5.60 Å². The van der Waals surface area contributed by atoms with Gasteiger partial charge in [-0.1, -0.05) is 13.8 Å². The van der Waals surface area contributed by atoms with Gasteiger partial charge in [-0.15, -0.1) is 11.3 Å². The van der Waals surface area contributed by atoms with Crippen molar-refractivity contribution in [2.24, 2.45) is 0 Å². The maximum absolute atomic E-state index is 10.2. The summed E-state index contributed by atoms with van der Waals surface area (Å²) >= 11 is 1.82. The molecule has 92 valence electrons. The van der Waals surface area contributed by atoms with Crippen molar-refractivity contribution in [3.63, 3.8) is 0 Å². The van der Waals surface area contributed by atoms with Crippen molar-refractivity contribution in [2.45, 2.75) is 45.6 Å². The van der Waals surface area contributed by atoms with Gasteiger partial charge in [-0.05, 0) is 45.0 Å². The average Bonchev–Trinajstić information content (AvgIpc) is 2.65. The molecule has 0 aliphatic carbocycles. The molecule has 2 N–H and O–H groups in total. The SMILES string of the molecule is CCNCCC(C)(O)Cc1ccc(CC)s1. The van der Waals surface area contributed by atoms with Gasteiger partial charge < -0.3 is 10.4 Å². The van der Waals surface area contributed by atoms with E-state index in [2.05, 4.69) is 31.3 Å². The zero-order chi connectivity index (χ0) is 12.0. The number of aryl methyl sites for hydroxylation is 1. The number of aliphatic hydroxyl groups is 1. The molecule has 0 saturated carbocycles. The average molecular weight is 241 g/mol. The molecule has 1 unspecified atom stereocenters. The molecule has 1 aromatic heterocycles. The van der Waals surface area contributed by atoms with E-state index in [-0.39, 0.29) is 0 Å². The van der Waals surface area contributed by atoms with Gasteiger partial charge in [0.25, 0.3) is 0 Å². The van der Waals surface area contributed by atoms with Gasteiger partial charge in [0.2, 0.25) is 0 Å². The van der Waals surface area contributed by atoms with Crippen molar-refractivity contribution >= 4 is 11.3 Å². The first-order valence-corrected chi connectivity index (χ1v) is 6.89. The summed E-state index contributed by atoms with van der Waals surface area (Å²) in [6, 6.07) is 4.31. The van der Waals surface area contributed by atoms with E-state index in [1.807, 2.05) is 18.3 Å². The van der Waals surface area contributed by atoms with E-state index in [4.69, 9.17) is 0 Å². The number of hydrogen-bond acceptors (Lipinski definition) is 3. The molecule has 0 amide bonds. The molecule has 1 rings (SSSR count). The van der Waals surface area contributed by atoms with E-state index in [1.54, 1.807) is 0 Å². The van der Waals surface area contributed by atoms with Crippen LogP contribution in [0.25, 0.3) is 0 Å². The lowest BCUT2D eigenvalue weighted by molar-refractivity contribution is 0.0525. The van der Waals surface area contributed by atoms with Crippen LogP contribution in [0.3, 0.4) is 0 Å². The fraction of sp³-hybridized carbons (Fsp3) is 0.692. The van der Waals surface area contributed by atoms with Crippen molar-refractivity contribution in [3.05, 3.63) is 21.9 Å². The first-order chi connectivity index (χ1) is 7.57. The maximum atomic E-state index is 10.2. The van der Waals surface area contributed by atoms with Crippen molar-refractivity contribution < 1.29 is 5.11 Å². The summed E-state index contributed by atoms with van der Waals surface area (Å²) in [6.07, 6.45) is 2.66. The lowest BCUT2D eigenvalue weighted by Crippen LogP contribution is -2.31. The number of rotatable bonds is 7. The summed E-state index contributed by atoms with van der Waals surface area (Å²) in [4.78, 5) is 2.69. The Kier molecular flexibility index (Phi) is 5.46. The van der Waals surface area contributed by atoms with E-state index in [0.29, 0.717) is 0 Å². The van der Waals surface area contributed by atoms with Gasteiger partial charge in [-0.25, -0.2) is 0 Å². The van der Waals surface area contributed by atoms with Crippen LogP contribution in [-0.4, -0.2) is 23.8 Å². The Labute approximate surface area is 103 Å². The summed E-state index contributed by atoms with van der Waals surface area (Å²) in [5, 5.41) is 13.5. The van der Waals surface area contributed by atoms with E-state index >= 15 is 0 Å². The summed E-state index contributed by atoms with van der Waals surface area (Å²) in [5.74, 6) is 0. The molecular weight excluding hydrogens is 218 g/mol. The van der Waals surface area contributed by atoms with Crippen LogP contribution in [0.2, 0.25) is 0 Å². The molecule has 3 heteroatoms. The molecule has 1 aromatic rings. The maximum Gasteiger partial charge on any atom is 0.0679 e. The van der Waals surface area contributed by atoms with Gasteiger partial charge in [0.15, 0.2) is 0 Å². The molecule has 0 bridgehead atoms. The normalized spacial score (nSPS) is 15.0. The quantitative estimate of drug-likeness (QED) is 0.719. The third-order valence-electron chi connectivity index (χ3n) is 2.71. The van der Waals surface area contributed by atoms with Gasteiger partial charge in [-0.2, -0.15) is 0 Å². The van der Waals surface area contributed by atoms with Gasteiger partial charge >= 0.3 is 0 Å². The van der Waals surface area contributed by atoms with Crippen LogP contribution in [0.5, 0.6) is 0 Å². The first kappa shape index (κ1) is 13.7. The minimum absolute atomic E-state index is 0.585. The Balaban J connectivity index is 2.44. The molecule has 1 atom stereocenters. The summed E-state index contributed by atoms with van der Waals surface area (Å²) in [6.45, 7) is 8.03. The highest BCUT2D eigenvalue weighted by atomic mass is 32.1. The third kappa shape index (κ3) is 4.64. The summed E-state index contributed by atoms with van der Waals surface area (Å²) < 4.78 is 0. The highest BCUT2D eigenvalue weighted by Crippen LogP contribution is 2.23. The molecule has 0 aliphatic rings. The third-order valence-corrected chi connectivity index (χ3v) is 3.94. The second-order valence-corrected chi connectivity index (χ2v) is 5.75. The Morgan fingerprint density at radius 1 is 1.31 bits per heavy atom. The molecule has 16 heavy (non-hydrogen) atoms. The summed E-state index contributed by atoms with van der Waals surface area (Å²) in [5.41, 5.74) is -0.585. The van der Waals surface area contributed by atoms with E-state index in [1.165, 1.54) is 9.75 Å². The Morgan fingerprint density at radius 2 is 2.00 bits per heavy atom. The molecule has 0 saturated heterocycles. The van der Waals surface area contributed by atoms with Crippen LogP contribution in [0.4, 0.5) is 0 Å². The number of nitrogens with one attached hydrogen (secondary N) is 1. The molecule has 0 fully saturated rings. The summed E-state index contributed by atoms with van der Waals surface area (Å²) in [7, 11) is 0. The first-order valence-electron chi connectivity index (χ1n) is 6.08. The number of thiophene rings is 1. The van der Waals surface area contributed by atoms with Gasteiger partial charge in [0.1, 0.15) is 0 Å². The molecule has 2 nitrogen and oxygen atoms in total. The van der Waals surface area contributed by atoms with Crippen LogP contribution in [-0.2, 0) is 12.8 Å². The van der Waals surface area contributed by atoms with Crippen molar-refractivity contribution in [3.8, 4) is 0 Å². The highest BCUT2D eigenvalue weighted by molar-refractivity contribution is 7.12. The standard InChI is InChI=1S/C13H23NOS/c1-4-11-6-7-12(16-11)10-13(3,15)8-9-14-5-2/h6-7,14-15H,4-5,8-10H2,1-3H3. The van der Waals surface area contributed by atoms with Crippen molar-refractivity contribution in [2.75, 3.05) is 13.1 Å². The molecule has 0 aliphatic heterocycles. The minimum Gasteiger partial charge on any atom is -0.390 e. The van der Waals surface area contributed by atoms with Crippen LogP contribution in [0.1, 0.15) is 36.9 Å². The fourth-order valence-corrected chi connectivity index (χ4v) is 2.84. The molecular formula is C13H23NOS. The highest BCUT2D eigenvalue weighted by Gasteiger charge is 2.21. The minimum atomic E-state index is -0.585. The lowest BCUT2D eigenvalue weighted by atomic mass is 9.97. The van der Waals surface area contributed by atoms with E-state index < -0.39 is 5.60 Å². The molecule has 1 heterocycles. The van der Waals surface area contributed by atoms with Crippen molar-refractivity contribution in [1.82, 2.24) is 5.32 Å².